The molecule has 1 amide bonds. The molecule has 0 saturated carbocycles. The second kappa shape index (κ2) is 8.33. The molecule has 0 radical (unpaired) electrons. The first-order valence-corrected chi connectivity index (χ1v) is 9.26. The molecule has 1 saturated heterocycles. The van der Waals surface area contributed by atoms with Gasteiger partial charge in [-0.3, -0.25) is 0 Å². The van der Waals surface area contributed by atoms with Crippen LogP contribution in [0.3, 0.4) is 0 Å². The van der Waals surface area contributed by atoms with Gasteiger partial charge < -0.3 is 23.7 Å². The predicted octanol–water partition coefficient (Wildman–Crippen LogP) is 3.67. The number of rotatable bonds is 5. The van der Waals surface area contributed by atoms with E-state index in [2.05, 4.69) is 15.6 Å². The SMILES string of the molecule is CCOC(=O)N1CCC(n2ccnc2-c2cc(C)cc(OC)c2OC)CC1. The molecule has 0 spiro atoms. The lowest BCUT2D eigenvalue weighted by atomic mass is 10.0. The first-order chi connectivity index (χ1) is 13.1. The molecule has 1 aliphatic heterocycles. The molecule has 7 nitrogen and oxygen atoms in total. The number of methoxy groups -OCH3 is 2. The van der Waals surface area contributed by atoms with Gasteiger partial charge in [-0.05, 0) is 44.4 Å². The minimum Gasteiger partial charge on any atom is -0.493 e. The zero-order chi connectivity index (χ0) is 19.4. The van der Waals surface area contributed by atoms with Gasteiger partial charge >= 0.3 is 6.09 Å². The van der Waals surface area contributed by atoms with Crippen molar-refractivity contribution in [2.45, 2.75) is 32.7 Å². The lowest BCUT2D eigenvalue weighted by molar-refractivity contribution is 0.0928. The number of ether oxygens (including phenoxy) is 3. The molecule has 0 aliphatic carbocycles. The Bertz CT molecular complexity index is 795. The van der Waals surface area contributed by atoms with Crippen molar-refractivity contribution in [3.8, 4) is 22.9 Å². The van der Waals surface area contributed by atoms with E-state index < -0.39 is 0 Å². The molecule has 7 heteroatoms. The summed E-state index contributed by atoms with van der Waals surface area (Å²) in [6, 6.07) is 4.28. The summed E-state index contributed by atoms with van der Waals surface area (Å²) in [5.41, 5.74) is 1.99. The minimum atomic E-state index is -0.230. The average molecular weight is 373 g/mol. The number of imidazole rings is 1. The van der Waals surface area contributed by atoms with Gasteiger partial charge in [0.05, 0.1) is 26.4 Å². The van der Waals surface area contributed by atoms with E-state index >= 15 is 0 Å². The maximum Gasteiger partial charge on any atom is 0.409 e. The first kappa shape index (κ1) is 19.1. The smallest absolute Gasteiger partial charge is 0.409 e. The largest absolute Gasteiger partial charge is 0.493 e. The normalized spacial score (nSPS) is 14.9. The number of aryl methyl sites for hydroxylation is 1. The predicted molar refractivity (Wildman–Crippen MR) is 102 cm³/mol. The van der Waals surface area contributed by atoms with Crippen molar-refractivity contribution >= 4 is 6.09 Å². The lowest BCUT2D eigenvalue weighted by Crippen LogP contribution is -2.39. The molecule has 1 fully saturated rings. The van der Waals surface area contributed by atoms with Crippen LogP contribution in [-0.2, 0) is 4.74 Å². The van der Waals surface area contributed by atoms with Crippen LogP contribution in [0.1, 0.15) is 31.4 Å². The molecule has 2 aromatic rings. The van der Waals surface area contributed by atoms with Gasteiger partial charge in [0.1, 0.15) is 5.82 Å². The van der Waals surface area contributed by atoms with E-state index in [1.807, 2.05) is 26.1 Å². The third-order valence-electron chi connectivity index (χ3n) is 4.92. The summed E-state index contributed by atoms with van der Waals surface area (Å²) >= 11 is 0. The van der Waals surface area contributed by atoms with Crippen molar-refractivity contribution in [2.75, 3.05) is 33.9 Å². The summed E-state index contributed by atoms with van der Waals surface area (Å²) in [6.45, 7) is 5.60. The Hall–Kier alpha value is -2.70. The quantitative estimate of drug-likeness (QED) is 0.800. The van der Waals surface area contributed by atoms with Crippen molar-refractivity contribution in [3.05, 3.63) is 30.1 Å². The monoisotopic (exact) mass is 373 g/mol. The van der Waals surface area contributed by atoms with Crippen molar-refractivity contribution in [1.82, 2.24) is 14.5 Å². The standard InChI is InChI=1S/C20H27N3O4/c1-5-27-20(24)22-9-6-15(7-10-22)23-11-8-21-19(23)16-12-14(2)13-17(25-3)18(16)26-4/h8,11-13,15H,5-7,9-10H2,1-4H3. The van der Waals surface area contributed by atoms with Gasteiger partial charge in [-0.1, -0.05) is 0 Å². The number of carbonyl (C=O) groups excluding carboxylic acids is 1. The Morgan fingerprint density at radius 1 is 1.22 bits per heavy atom. The Morgan fingerprint density at radius 3 is 2.59 bits per heavy atom. The van der Waals surface area contributed by atoms with Gasteiger partial charge in [-0.25, -0.2) is 9.78 Å². The van der Waals surface area contributed by atoms with Gasteiger partial charge in [-0.2, -0.15) is 0 Å². The number of hydrogen-bond acceptors (Lipinski definition) is 5. The topological polar surface area (TPSA) is 65.8 Å². The van der Waals surface area contributed by atoms with Crippen LogP contribution in [0.4, 0.5) is 4.79 Å². The van der Waals surface area contributed by atoms with E-state index in [1.54, 1.807) is 25.3 Å². The van der Waals surface area contributed by atoms with E-state index in [-0.39, 0.29) is 12.1 Å². The fraction of sp³-hybridized carbons (Fsp3) is 0.500. The van der Waals surface area contributed by atoms with Crippen LogP contribution in [0.2, 0.25) is 0 Å². The van der Waals surface area contributed by atoms with E-state index in [4.69, 9.17) is 14.2 Å². The van der Waals surface area contributed by atoms with Gasteiger partial charge in [0.2, 0.25) is 0 Å². The highest BCUT2D eigenvalue weighted by atomic mass is 16.6. The highest BCUT2D eigenvalue weighted by molar-refractivity contribution is 5.71. The van der Waals surface area contributed by atoms with Crippen LogP contribution >= 0.6 is 0 Å². The van der Waals surface area contributed by atoms with Crippen LogP contribution in [0, 0.1) is 6.92 Å². The summed E-state index contributed by atoms with van der Waals surface area (Å²) < 4.78 is 18.4. The summed E-state index contributed by atoms with van der Waals surface area (Å²) in [4.78, 5) is 18.3. The number of aromatic nitrogens is 2. The molecule has 2 heterocycles. The van der Waals surface area contributed by atoms with Crippen molar-refractivity contribution < 1.29 is 19.0 Å². The second-order valence-corrected chi connectivity index (χ2v) is 6.62. The third-order valence-corrected chi connectivity index (χ3v) is 4.92. The van der Waals surface area contributed by atoms with E-state index in [0.717, 1.165) is 29.8 Å². The summed E-state index contributed by atoms with van der Waals surface area (Å²) in [5, 5.41) is 0. The molecule has 1 aromatic carbocycles. The van der Waals surface area contributed by atoms with Gasteiger partial charge in [0, 0.05) is 31.5 Å². The summed E-state index contributed by atoms with van der Waals surface area (Å²) in [7, 11) is 3.28. The molecule has 146 valence electrons. The second-order valence-electron chi connectivity index (χ2n) is 6.62. The van der Waals surface area contributed by atoms with Crippen molar-refractivity contribution in [1.29, 1.82) is 0 Å². The fourth-order valence-corrected chi connectivity index (χ4v) is 3.63. The molecule has 0 N–H and O–H groups in total. The fourth-order valence-electron chi connectivity index (χ4n) is 3.63. The molecule has 0 atom stereocenters. The number of carbonyl (C=O) groups is 1. The number of nitrogens with zero attached hydrogens (tertiary/aromatic N) is 3. The number of amides is 1. The van der Waals surface area contributed by atoms with Crippen LogP contribution in [0.5, 0.6) is 11.5 Å². The van der Waals surface area contributed by atoms with Crippen LogP contribution in [-0.4, -0.2) is 54.5 Å². The van der Waals surface area contributed by atoms with Gasteiger partial charge in [0.25, 0.3) is 0 Å². The number of piperidine rings is 1. The van der Waals surface area contributed by atoms with Gasteiger partial charge in [0.15, 0.2) is 11.5 Å². The highest BCUT2D eigenvalue weighted by Gasteiger charge is 2.27. The summed E-state index contributed by atoms with van der Waals surface area (Å²) in [5.74, 6) is 2.22. The lowest BCUT2D eigenvalue weighted by Gasteiger charge is -2.32. The Morgan fingerprint density at radius 2 is 1.96 bits per heavy atom. The van der Waals surface area contributed by atoms with Crippen LogP contribution in [0.25, 0.3) is 11.4 Å². The number of hydrogen-bond donors (Lipinski definition) is 0. The van der Waals surface area contributed by atoms with Crippen molar-refractivity contribution in [3.63, 3.8) is 0 Å². The Balaban J connectivity index is 1.86. The molecule has 1 aliphatic rings. The van der Waals surface area contributed by atoms with Crippen molar-refractivity contribution in [2.24, 2.45) is 0 Å². The maximum absolute atomic E-state index is 11.9. The molecule has 1 aromatic heterocycles. The maximum atomic E-state index is 11.9. The first-order valence-electron chi connectivity index (χ1n) is 9.26. The number of likely N-dealkylation sites (tertiary alicyclic amines) is 1. The molecular weight excluding hydrogens is 346 g/mol. The summed E-state index contributed by atoms with van der Waals surface area (Å²) in [6.07, 6.45) is 5.28. The molecule has 27 heavy (non-hydrogen) atoms. The Labute approximate surface area is 159 Å². The Kier molecular flexibility index (Phi) is 5.88. The van der Waals surface area contributed by atoms with Crippen LogP contribution in [0.15, 0.2) is 24.5 Å². The molecule has 0 bridgehead atoms. The van der Waals surface area contributed by atoms with E-state index in [9.17, 15) is 4.79 Å². The number of benzene rings is 1. The molecular formula is C20H27N3O4. The third kappa shape index (κ3) is 3.86. The molecule has 0 unspecified atom stereocenters. The zero-order valence-electron chi connectivity index (χ0n) is 16.4. The van der Waals surface area contributed by atoms with Crippen LogP contribution < -0.4 is 9.47 Å². The highest BCUT2D eigenvalue weighted by Crippen LogP contribution is 2.40. The van der Waals surface area contributed by atoms with E-state index in [1.165, 1.54) is 0 Å². The minimum absolute atomic E-state index is 0.230. The molecule has 3 rings (SSSR count). The zero-order valence-corrected chi connectivity index (χ0v) is 16.4. The van der Waals surface area contributed by atoms with E-state index in [0.29, 0.717) is 31.2 Å². The van der Waals surface area contributed by atoms with Gasteiger partial charge in [-0.15, -0.1) is 0 Å². The average Bonchev–Trinajstić information content (AvgIpc) is 3.17.